The zero-order valence-corrected chi connectivity index (χ0v) is 83.5. The summed E-state index contributed by atoms with van der Waals surface area (Å²) in [7, 11) is 1.51. The van der Waals surface area contributed by atoms with Crippen molar-refractivity contribution < 1.29 is 135 Å². The lowest BCUT2D eigenvalue weighted by atomic mass is 9.38. The van der Waals surface area contributed by atoms with E-state index in [-0.39, 0.29) is 183 Å². The molecular formula is C106H101Cl4F9N8O21. The molecule has 29 nitrogen and oxygen atoms in total. The number of benzene rings is 8. The Kier molecular flexibility index (Phi) is 28.0. The average molecular weight is 2140 g/mol. The number of aryl methyl sites for hydroxylation is 3. The number of alkyl halides is 5. The summed E-state index contributed by atoms with van der Waals surface area (Å²) >= 11 is 23.3. The molecule has 25 rings (SSSR count). The average Bonchev–Trinajstić information content (AvgIpc) is 0.816. The van der Waals surface area contributed by atoms with Crippen LogP contribution in [0.1, 0.15) is 156 Å². The van der Waals surface area contributed by atoms with Crippen LogP contribution < -0.4 is 85.0 Å². The van der Waals surface area contributed by atoms with Gasteiger partial charge in [-0.3, -0.25) is 52.7 Å². The summed E-state index contributed by atoms with van der Waals surface area (Å²) in [6, 6.07) is 37.3. The maximum Gasteiger partial charge on any atom is 0.422 e. The van der Waals surface area contributed by atoms with Crippen LogP contribution in [0.15, 0.2) is 161 Å². The van der Waals surface area contributed by atoms with Crippen molar-refractivity contribution in [3.63, 3.8) is 0 Å². The topological polar surface area (TPSA) is 374 Å². The first kappa shape index (κ1) is 105. The Balaban J connectivity index is 0.000000130. The number of Topliss-reactive ketones (excluding diaryl/α,β-unsaturated/α-hetero) is 2. The molecule has 4 heterocycles. The number of ketones is 2. The van der Waals surface area contributed by atoms with Crippen LogP contribution in [0.25, 0.3) is 11.0 Å². The Morgan fingerprint density at radius 1 is 0.473 bits per heavy atom. The molecule has 0 radical (unpaired) electrons. The van der Waals surface area contributed by atoms with Gasteiger partial charge in [-0.05, 0) is 249 Å². The van der Waals surface area contributed by atoms with Gasteiger partial charge in [0.15, 0.2) is 67.5 Å². The number of halogens is 13. The van der Waals surface area contributed by atoms with Gasteiger partial charge in [-0.2, -0.15) is 13.2 Å². The third-order valence-electron chi connectivity index (χ3n) is 29.4. The fourth-order valence-corrected chi connectivity index (χ4v) is 23.0. The van der Waals surface area contributed by atoms with Crippen LogP contribution in [0.4, 0.5) is 50.9 Å². The summed E-state index contributed by atoms with van der Waals surface area (Å²) in [6.07, 6.45) is -2.75. The highest BCUT2D eigenvalue weighted by atomic mass is 35.5. The molecule has 13 saturated carbocycles. The van der Waals surface area contributed by atoms with E-state index in [2.05, 4.69) is 31.9 Å². The van der Waals surface area contributed by atoms with Crippen LogP contribution in [0.2, 0.25) is 20.1 Å². The second-order valence-corrected chi connectivity index (χ2v) is 43.6. The van der Waals surface area contributed by atoms with Crippen molar-refractivity contribution in [1.29, 1.82) is 0 Å². The summed E-state index contributed by atoms with van der Waals surface area (Å²) in [5, 5.41) is 29.5. The van der Waals surface area contributed by atoms with E-state index in [1.807, 2.05) is 13.0 Å². The van der Waals surface area contributed by atoms with Crippen molar-refractivity contribution >= 4 is 128 Å². The molecule has 2 unspecified atom stereocenters. The maximum absolute atomic E-state index is 14.3. The first-order valence-electron chi connectivity index (χ1n) is 47.7. The van der Waals surface area contributed by atoms with Gasteiger partial charge >= 0.3 is 6.18 Å². The molecule has 9 aromatic rings. The molecule has 8 bridgehead atoms. The fraction of sp³-hybridized carbons (Fsp3) is 0.425. The van der Waals surface area contributed by atoms with Crippen molar-refractivity contribution in [3.8, 4) is 46.0 Å². The molecule has 16 aliphatic rings. The minimum Gasteiger partial charge on any atom is -0.497 e. The molecule has 13 aliphatic carbocycles. The van der Waals surface area contributed by atoms with Crippen LogP contribution in [-0.2, 0) is 48.8 Å². The Labute approximate surface area is 860 Å². The lowest BCUT2D eigenvalue weighted by Crippen LogP contribution is -2.84. The number of hydrogen-bond acceptors (Lipinski definition) is 21. The van der Waals surface area contributed by atoms with Crippen LogP contribution >= 0.6 is 46.4 Å². The summed E-state index contributed by atoms with van der Waals surface area (Å²) in [4.78, 5) is 142. The van der Waals surface area contributed by atoms with E-state index in [1.165, 1.54) is 72.7 Å². The lowest BCUT2D eigenvalue weighted by molar-refractivity contribution is -0.225. The number of hydrogen-bond donors (Lipinski definition) is 7. The number of nitrogens with zero attached hydrogens (tertiary/aromatic N) is 2. The first-order valence-corrected chi connectivity index (χ1v) is 49.2. The number of methoxy groups -OCH3 is 1. The number of carbonyl (C=O) groups is 10. The highest BCUT2D eigenvalue weighted by Gasteiger charge is 2.73. The summed E-state index contributed by atoms with van der Waals surface area (Å²) in [5.74, 6) is -4.40. The number of carbonyl (C=O) groups excluding carboxylic acids is 10. The van der Waals surface area contributed by atoms with E-state index >= 15 is 0 Å². The molecule has 42 heteroatoms. The third-order valence-corrected chi connectivity index (χ3v) is 30.5. The smallest absolute Gasteiger partial charge is 0.422 e. The van der Waals surface area contributed by atoms with Crippen LogP contribution in [-0.4, -0.2) is 180 Å². The molecule has 0 spiro atoms. The molecule has 8 amide bonds. The van der Waals surface area contributed by atoms with E-state index in [9.17, 15) is 97.4 Å². The highest BCUT2D eigenvalue weighted by Crippen LogP contribution is 2.71. The number of amides is 8. The van der Waals surface area contributed by atoms with Crippen LogP contribution in [0.3, 0.4) is 0 Å². The molecule has 1 aromatic heterocycles. The summed E-state index contributed by atoms with van der Waals surface area (Å²) in [5.41, 5.74) is -4.82. The Morgan fingerprint density at radius 3 is 1.33 bits per heavy atom. The summed E-state index contributed by atoms with van der Waals surface area (Å²) in [6.45, 7) is 5.65. The van der Waals surface area contributed by atoms with Gasteiger partial charge in [0.25, 0.3) is 35.4 Å². The van der Waals surface area contributed by atoms with Crippen molar-refractivity contribution in [1.82, 2.24) is 31.9 Å². The Hall–Kier alpha value is -13.0. The molecule has 148 heavy (non-hydrogen) atoms. The quantitative estimate of drug-likeness (QED) is 0.0162. The Bertz CT molecular complexity index is 6910. The molecule has 13 fully saturated rings. The minimum absolute atomic E-state index is 0.00489. The molecule has 3 aliphatic heterocycles. The van der Waals surface area contributed by atoms with E-state index in [0.717, 1.165) is 41.9 Å². The number of nitrogens with one attached hydrogen (secondary N) is 6. The zero-order valence-electron chi connectivity index (χ0n) is 80.5. The molecule has 0 saturated heterocycles. The number of aliphatic hydroxyl groups is 1. The number of fused-ring (bicyclic) bond motifs is 4. The number of rotatable bonds is 30. The van der Waals surface area contributed by atoms with E-state index in [4.69, 9.17) is 88.7 Å². The second-order valence-electron chi connectivity index (χ2n) is 41.9. The normalized spacial score (nSPS) is 27.2. The Morgan fingerprint density at radius 2 is 0.878 bits per heavy atom. The fourth-order valence-electron chi connectivity index (χ4n) is 22.5. The monoisotopic (exact) mass is 2130 g/mol. The lowest BCUT2D eigenvalue weighted by Gasteiger charge is -2.70. The molecular weight excluding hydrogens is 2030 g/mol. The largest absolute Gasteiger partial charge is 0.497 e. The van der Waals surface area contributed by atoms with Crippen molar-refractivity contribution in [2.75, 3.05) is 56.4 Å². The standard InChI is InChI=1S/C27H24Cl2F5N3O5.C27H26ClF2N3O5.C26H27ClFNO5.C26H24FNO6/c1-24(31,27(32,33)34)8-22(39)37-9-20(42-19-5-2-14(28)6-18(19)37)23(40)36-26-11-25(12-26,13-26)35-21(38)10-41-15-3-4-16(29)17(30)7-15;1-14-2-5-21-20(6-14)33(25(36)16-8-18(16)29)9-22(38-21)24(35)32-27-11-26(12-27,13-27)31-23(34)10-37-15-3-4-17(28)19(30)7-15;1-15-3-5-17(8-19(15)28)33-11-23(31)29-26-12-25(13-26,14-26)9-20(30)22-10-24(2,32)18-7-16(27)4-6-21(18)34-22;1-15-3-4-17(8-19(15)27)33-11-24(31)28-26-12-25(13-26,14-26)10-21(30)23-9-20(29)18-7-16(32-2)5-6-22(18)34-23/h2-7,20H,8-13H2,1H3,(H,35,38)(H,36,40);2-7,16,18,22H,8-13H2,1H3,(H,31,34)(H,32,35);3-8,22,32H,9-14H2,1-2H3,(H,29,31);3-9H,10-14H2,1-2H3,(H,28,31)/t;16-,18+,22+,26?,27?;22-,24+,25?,26?;/m.00./s1. The van der Waals surface area contributed by atoms with E-state index in [0.29, 0.717) is 131 Å². The predicted molar refractivity (Wildman–Crippen MR) is 520 cm³/mol. The van der Waals surface area contributed by atoms with Crippen molar-refractivity contribution in [2.45, 2.75) is 219 Å². The van der Waals surface area contributed by atoms with Gasteiger partial charge in [0, 0.05) is 98.4 Å². The van der Waals surface area contributed by atoms with Gasteiger partial charge in [0.05, 0.1) is 64.9 Å². The van der Waals surface area contributed by atoms with E-state index in [1.54, 1.807) is 93.6 Å². The minimum atomic E-state index is -5.28. The van der Waals surface area contributed by atoms with Crippen LogP contribution in [0, 0.1) is 60.8 Å². The molecule has 782 valence electrons. The first-order chi connectivity index (χ1) is 69.7. The van der Waals surface area contributed by atoms with E-state index < -0.39 is 112 Å². The number of anilines is 2. The van der Waals surface area contributed by atoms with Gasteiger partial charge in [0.1, 0.15) is 81.0 Å². The van der Waals surface area contributed by atoms with Crippen molar-refractivity contribution in [3.05, 3.63) is 233 Å². The SMILES string of the molecule is CC(F)(CC(=O)N1CC(C(=O)NC23CC(NC(=O)COc4ccc(Cl)c(F)c4)(C2)C3)Oc2ccc(Cl)cc21)C(F)(F)F.COc1ccc2oc(C(=O)CC34CC(NC(=O)COc5ccc(C)c(F)c5)(C3)C4)cc(=O)c2c1.Cc1ccc(OCC(=O)NC23CC(CC(=O)[C@@H]4C[C@@](C)(O)c5cc(Cl)ccc5O4)(C2)C3)cc1F.Cc1ccc2c(c1)N(C(=O)[C@H]1C[C@H]1F)C[C@H](C(=O)NC13CC(NC(=O)COc4ccc(Cl)c(F)c4)(C1)C3)O2. The molecule has 7 N–H and O–H groups in total. The van der Waals surface area contributed by atoms with Gasteiger partial charge in [-0.1, -0.05) is 64.6 Å². The van der Waals surface area contributed by atoms with Gasteiger partial charge in [0.2, 0.25) is 17.5 Å². The van der Waals surface area contributed by atoms with Gasteiger partial charge in [-0.25, -0.2) is 26.3 Å². The van der Waals surface area contributed by atoms with Crippen molar-refractivity contribution in [2.24, 2.45) is 16.7 Å². The molecule has 8 aromatic carbocycles. The number of ether oxygens (including phenoxy) is 8. The maximum atomic E-state index is 14.3. The van der Waals surface area contributed by atoms with Crippen LogP contribution in [0.5, 0.6) is 46.0 Å². The van der Waals surface area contributed by atoms with Gasteiger partial charge < -0.3 is 89.1 Å². The molecule has 7 atom stereocenters. The second kappa shape index (κ2) is 39.5. The predicted octanol–water partition coefficient (Wildman–Crippen LogP) is 16.3. The third kappa shape index (κ3) is 22.1. The highest BCUT2D eigenvalue weighted by molar-refractivity contribution is 6.32. The summed E-state index contributed by atoms with van der Waals surface area (Å²) < 4.78 is 171. The zero-order chi connectivity index (χ0) is 106. The van der Waals surface area contributed by atoms with Gasteiger partial charge in [-0.15, -0.1) is 0 Å².